The van der Waals surface area contributed by atoms with Crippen molar-refractivity contribution in [2.45, 2.75) is 33.2 Å². The molecule has 0 fully saturated rings. The van der Waals surface area contributed by atoms with Gasteiger partial charge in [0.2, 0.25) is 5.91 Å². The number of carbonyl (C=O) groups excluding carboxylic acids is 1. The lowest BCUT2D eigenvalue weighted by Crippen LogP contribution is -2.40. The van der Waals surface area contributed by atoms with Crippen molar-refractivity contribution in [1.29, 1.82) is 0 Å². The van der Waals surface area contributed by atoms with Gasteiger partial charge in [0, 0.05) is 6.20 Å². The average Bonchev–Trinajstić information content (AvgIpc) is 2.31. The van der Waals surface area contributed by atoms with Crippen molar-refractivity contribution >= 4 is 23.2 Å². The summed E-state index contributed by atoms with van der Waals surface area (Å²) in [4.78, 5) is 15.8. The van der Waals surface area contributed by atoms with E-state index in [2.05, 4.69) is 10.3 Å². The number of aromatic nitrogens is 1. The number of nitrogens with zero attached hydrogens (tertiary/aromatic N) is 1. The van der Waals surface area contributed by atoms with Crippen LogP contribution in [0.5, 0.6) is 0 Å². The van der Waals surface area contributed by atoms with Gasteiger partial charge in [-0.2, -0.15) is 0 Å². The largest absolute Gasteiger partial charge is 0.322 e. The fourth-order valence-electron chi connectivity index (χ4n) is 1.37. The summed E-state index contributed by atoms with van der Waals surface area (Å²) in [7, 11) is 0. The summed E-state index contributed by atoms with van der Waals surface area (Å²) in [6.07, 6.45) is 2.50. The van der Waals surface area contributed by atoms with Crippen LogP contribution in [0.25, 0.3) is 0 Å². The lowest BCUT2D eigenvalue weighted by atomic mass is 9.99. The number of aryl methyl sites for hydroxylation is 1. The monoisotopic (exact) mass is 255 g/mol. The molecule has 1 amide bonds. The molecule has 5 heteroatoms. The first kappa shape index (κ1) is 13.9. The normalized spacial score (nSPS) is 14.2. The molecule has 94 valence electrons. The van der Waals surface area contributed by atoms with Crippen LogP contribution >= 0.6 is 11.6 Å². The predicted octanol–water partition coefficient (Wildman–Crippen LogP) is 2.36. The van der Waals surface area contributed by atoms with Gasteiger partial charge >= 0.3 is 0 Å². The third-order valence-electron chi connectivity index (χ3n) is 2.79. The van der Waals surface area contributed by atoms with Gasteiger partial charge in [0.15, 0.2) is 5.15 Å². The zero-order valence-corrected chi connectivity index (χ0v) is 11.1. The molecule has 0 saturated heterocycles. The van der Waals surface area contributed by atoms with Crippen LogP contribution in [0.15, 0.2) is 12.3 Å². The highest BCUT2D eigenvalue weighted by Crippen LogP contribution is 2.20. The SMILES string of the molecule is CCC(C)C(N)C(=O)Nc1cc(C)cnc1Cl. The highest BCUT2D eigenvalue weighted by atomic mass is 35.5. The Labute approximate surface area is 107 Å². The maximum atomic E-state index is 11.9. The van der Waals surface area contributed by atoms with E-state index in [1.807, 2.05) is 20.8 Å². The van der Waals surface area contributed by atoms with Gasteiger partial charge in [-0.15, -0.1) is 0 Å². The lowest BCUT2D eigenvalue weighted by molar-refractivity contribution is -0.118. The highest BCUT2D eigenvalue weighted by molar-refractivity contribution is 6.32. The van der Waals surface area contributed by atoms with Crippen molar-refractivity contribution in [3.8, 4) is 0 Å². The number of hydrogen-bond acceptors (Lipinski definition) is 3. The van der Waals surface area contributed by atoms with E-state index in [9.17, 15) is 4.79 Å². The van der Waals surface area contributed by atoms with Crippen molar-refractivity contribution in [2.24, 2.45) is 11.7 Å². The molecular formula is C12H18ClN3O. The third-order valence-corrected chi connectivity index (χ3v) is 3.09. The first-order valence-corrected chi connectivity index (χ1v) is 6.02. The van der Waals surface area contributed by atoms with Crippen LogP contribution in [0.4, 0.5) is 5.69 Å². The van der Waals surface area contributed by atoms with Gasteiger partial charge < -0.3 is 11.1 Å². The molecule has 0 aliphatic heterocycles. The highest BCUT2D eigenvalue weighted by Gasteiger charge is 2.20. The number of hydrogen-bond donors (Lipinski definition) is 2. The molecule has 0 radical (unpaired) electrons. The Balaban J connectivity index is 2.77. The summed E-state index contributed by atoms with van der Waals surface area (Å²) < 4.78 is 0. The van der Waals surface area contributed by atoms with Crippen LogP contribution in [0, 0.1) is 12.8 Å². The zero-order chi connectivity index (χ0) is 13.0. The van der Waals surface area contributed by atoms with Gasteiger partial charge in [-0.25, -0.2) is 4.98 Å². The minimum atomic E-state index is -0.531. The van der Waals surface area contributed by atoms with E-state index in [1.54, 1.807) is 12.3 Å². The molecule has 0 aliphatic carbocycles. The molecule has 2 unspecified atom stereocenters. The second-order valence-corrected chi connectivity index (χ2v) is 4.61. The molecule has 1 aromatic rings. The smallest absolute Gasteiger partial charge is 0.241 e. The predicted molar refractivity (Wildman–Crippen MR) is 70.0 cm³/mol. The van der Waals surface area contributed by atoms with E-state index in [0.717, 1.165) is 12.0 Å². The van der Waals surface area contributed by atoms with Crippen molar-refractivity contribution in [2.75, 3.05) is 5.32 Å². The van der Waals surface area contributed by atoms with Crippen molar-refractivity contribution < 1.29 is 4.79 Å². The Morgan fingerprint density at radius 3 is 2.88 bits per heavy atom. The van der Waals surface area contributed by atoms with Crippen molar-refractivity contribution in [3.63, 3.8) is 0 Å². The van der Waals surface area contributed by atoms with E-state index in [4.69, 9.17) is 17.3 Å². The van der Waals surface area contributed by atoms with E-state index in [0.29, 0.717) is 5.69 Å². The topological polar surface area (TPSA) is 68.0 Å². The molecule has 4 nitrogen and oxygen atoms in total. The molecule has 0 bridgehead atoms. The fourth-order valence-corrected chi connectivity index (χ4v) is 1.52. The summed E-state index contributed by atoms with van der Waals surface area (Å²) in [6.45, 7) is 5.83. The summed E-state index contributed by atoms with van der Waals surface area (Å²) in [6, 6.07) is 1.24. The van der Waals surface area contributed by atoms with E-state index in [-0.39, 0.29) is 17.0 Å². The fraction of sp³-hybridized carbons (Fsp3) is 0.500. The maximum absolute atomic E-state index is 11.9. The van der Waals surface area contributed by atoms with Crippen molar-refractivity contribution in [3.05, 3.63) is 23.0 Å². The van der Waals surface area contributed by atoms with Crippen molar-refractivity contribution in [1.82, 2.24) is 4.98 Å². The maximum Gasteiger partial charge on any atom is 0.241 e. The second kappa shape index (κ2) is 5.98. The van der Waals surface area contributed by atoms with E-state index in [1.165, 1.54) is 0 Å². The minimum absolute atomic E-state index is 0.131. The number of nitrogens with one attached hydrogen (secondary N) is 1. The van der Waals surface area contributed by atoms with Crippen LogP contribution in [-0.4, -0.2) is 16.9 Å². The first-order chi connectivity index (χ1) is 7.95. The average molecular weight is 256 g/mol. The Morgan fingerprint density at radius 1 is 1.65 bits per heavy atom. The van der Waals surface area contributed by atoms with Gasteiger partial charge in [-0.05, 0) is 24.5 Å². The molecule has 3 N–H and O–H groups in total. The number of nitrogens with two attached hydrogens (primary N) is 1. The summed E-state index contributed by atoms with van der Waals surface area (Å²) in [5, 5.41) is 2.99. The molecule has 0 saturated carbocycles. The summed E-state index contributed by atoms with van der Waals surface area (Å²) in [5.74, 6) is -0.0970. The number of pyridine rings is 1. The number of anilines is 1. The summed E-state index contributed by atoms with van der Waals surface area (Å²) in [5.41, 5.74) is 7.27. The van der Waals surface area contributed by atoms with Gasteiger partial charge in [-0.3, -0.25) is 4.79 Å². The van der Waals surface area contributed by atoms with Crippen LogP contribution in [0.3, 0.4) is 0 Å². The van der Waals surface area contributed by atoms with Crippen LogP contribution < -0.4 is 11.1 Å². The Bertz CT molecular complexity index is 409. The van der Waals surface area contributed by atoms with Gasteiger partial charge in [0.05, 0.1) is 11.7 Å². The molecule has 0 spiro atoms. The molecule has 0 aliphatic rings. The standard InChI is InChI=1S/C12H18ClN3O/c1-4-8(3)10(14)12(17)16-9-5-7(2)6-15-11(9)13/h5-6,8,10H,4,14H2,1-3H3,(H,16,17). The number of halogens is 1. The quantitative estimate of drug-likeness (QED) is 0.812. The second-order valence-electron chi connectivity index (χ2n) is 4.25. The number of carbonyl (C=O) groups is 1. The molecule has 2 atom stereocenters. The first-order valence-electron chi connectivity index (χ1n) is 5.64. The van der Waals surface area contributed by atoms with Crippen LogP contribution in [-0.2, 0) is 4.79 Å². The van der Waals surface area contributed by atoms with Crippen LogP contribution in [0.1, 0.15) is 25.8 Å². The van der Waals surface area contributed by atoms with E-state index >= 15 is 0 Å². The van der Waals surface area contributed by atoms with Gasteiger partial charge in [-0.1, -0.05) is 31.9 Å². The van der Waals surface area contributed by atoms with Gasteiger partial charge in [0.1, 0.15) is 0 Å². The Hall–Kier alpha value is -1.13. The molecule has 1 rings (SSSR count). The minimum Gasteiger partial charge on any atom is -0.322 e. The molecule has 0 aromatic carbocycles. The molecule has 1 aromatic heterocycles. The van der Waals surface area contributed by atoms with Gasteiger partial charge in [0.25, 0.3) is 0 Å². The lowest BCUT2D eigenvalue weighted by Gasteiger charge is -2.18. The summed E-state index contributed by atoms with van der Waals surface area (Å²) >= 11 is 5.89. The third kappa shape index (κ3) is 3.68. The van der Waals surface area contributed by atoms with E-state index < -0.39 is 6.04 Å². The molecular weight excluding hydrogens is 238 g/mol. The Morgan fingerprint density at radius 2 is 2.29 bits per heavy atom. The zero-order valence-electron chi connectivity index (χ0n) is 10.3. The molecule has 1 heterocycles. The van der Waals surface area contributed by atoms with Crippen LogP contribution in [0.2, 0.25) is 5.15 Å². The molecule has 17 heavy (non-hydrogen) atoms. The number of rotatable bonds is 4. The number of amides is 1. The Kier molecular flexibility index (Phi) is 4.90.